The fourth-order valence-corrected chi connectivity index (χ4v) is 3.30. The Morgan fingerprint density at radius 2 is 1.77 bits per heavy atom. The van der Waals surface area contributed by atoms with E-state index in [1.54, 1.807) is 17.0 Å². The quantitative estimate of drug-likeness (QED) is 0.629. The maximum atomic E-state index is 13.2. The number of hydrogen-bond acceptors (Lipinski definition) is 3. The highest BCUT2D eigenvalue weighted by atomic mass is 35.5. The van der Waals surface area contributed by atoms with Crippen molar-refractivity contribution in [3.8, 4) is 5.75 Å². The van der Waals surface area contributed by atoms with Crippen LogP contribution in [-0.4, -0.2) is 35.4 Å². The van der Waals surface area contributed by atoms with E-state index < -0.39 is 6.04 Å². The van der Waals surface area contributed by atoms with Gasteiger partial charge >= 0.3 is 0 Å². The van der Waals surface area contributed by atoms with Crippen molar-refractivity contribution in [1.29, 1.82) is 0 Å². The molecule has 0 aliphatic carbocycles. The summed E-state index contributed by atoms with van der Waals surface area (Å²) >= 11 is 5.99. The molecule has 2 aromatic rings. The zero-order valence-corrected chi connectivity index (χ0v) is 19.1. The topological polar surface area (TPSA) is 58.6 Å². The molecule has 2 amide bonds. The largest absolute Gasteiger partial charge is 0.483 e. The summed E-state index contributed by atoms with van der Waals surface area (Å²) in [6, 6.07) is 12.6. The van der Waals surface area contributed by atoms with Crippen LogP contribution in [0.5, 0.6) is 5.75 Å². The summed E-state index contributed by atoms with van der Waals surface area (Å²) in [5.41, 5.74) is 2.92. The molecule has 0 aromatic heterocycles. The van der Waals surface area contributed by atoms with Crippen LogP contribution in [-0.2, 0) is 16.1 Å². The van der Waals surface area contributed by atoms with Gasteiger partial charge in [0.25, 0.3) is 5.91 Å². The number of benzene rings is 2. The van der Waals surface area contributed by atoms with Crippen molar-refractivity contribution >= 4 is 23.4 Å². The fraction of sp³-hybridized carbons (Fsp3) is 0.417. The molecular formula is C24H31ClN2O3. The maximum absolute atomic E-state index is 13.2. The second-order valence-electron chi connectivity index (χ2n) is 7.79. The Labute approximate surface area is 184 Å². The van der Waals surface area contributed by atoms with Gasteiger partial charge in [-0.15, -0.1) is 0 Å². The van der Waals surface area contributed by atoms with Crippen LogP contribution in [0.25, 0.3) is 0 Å². The highest BCUT2D eigenvalue weighted by Gasteiger charge is 2.29. The average Bonchev–Trinajstić information content (AvgIpc) is 2.69. The third kappa shape index (κ3) is 6.77. The van der Waals surface area contributed by atoms with Gasteiger partial charge in [-0.2, -0.15) is 0 Å². The lowest BCUT2D eigenvalue weighted by atomic mass is 10.1. The van der Waals surface area contributed by atoms with Gasteiger partial charge in [0.05, 0.1) is 0 Å². The zero-order chi connectivity index (χ0) is 22.3. The number of ether oxygens (including phenoxy) is 1. The van der Waals surface area contributed by atoms with E-state index in [0.29, 0.717) is 23.7 Å². The Balaban J connectivity index is 2.23. The molecule has 2 aromatic carbocycles. The number of nitrogens with zero attached hydrogens (tertiary/aromatic N) is 1. The molecule has 30 heavy (non-hydrogen) atoms. The lowest BCUT2D eigenvalue weighted by Gasteiger charge is -2.31. The Kier molecular flexibility index (Phi) is 8.72. The van der Waals surface area contributed by atoms with E-state index in [-0.39, 0.29) is 24.5 Å². The second-order valence-corrected chi connectivity index (χ2v) is 8.23. The van der Waals surface area contributed by atoms with E-state index in [4.69, 9.17) is 16.3 Å². The number of aryl methyl sites for hydroxylation is 2. The van der Waals surface area contributed by atoms with Crippen LogP contribution in [0.15, 0.2) is 42.5 Å². The summed E-state index contributed by atoms with van der Waals surface area (Å²) < 4.78 is 5.83. The molecule has 5 nitrogen and oxygen atoms in total. The van der Waals surface area contributed by atoms with Crippen molar-refractivity contribution in [2.24, 2.45) is 0 Å². The number of nitrogens with one attached hydrogen (secondary N) is 1. The number of amides is 2. The van der Waals surface area contributed by atoms with Crippen molar-refractivity contribution in [3.63, 3.8) is 0 Å². The predicted octanol–water partition coefficient (Wildman–Crippen LogP) is 4.67. The summed E-state index contributed by atoms with van der Waals surface area (Å²) in [6.07, 6.45) is 0.501. The molecule has 1 atom stereocenters. The van der Waals surface area contributed by atoms with E-state index in [1.807, 2.05) is 65.0 Å². The summed E-state index contributed by atoms with van der Waals surface area (Å²) in [5, 5.41) is 3.54. The van der Waals surface area contributed by atoms with E-state index in [1.165, 1.54) is 0 Å². The van der Waals surface area contributed by atoms with Crippen LogP contribution in [0.2, 0.25) is 5.02 Å². The van der Waals surface area contributed by atoms with Crippen LogP contribution >= 0.6 is 11.6 Å². The third-order valence-electron chi connectivity index (χ3n) is 4.78. The molecule has 0 bridgehead atoms. The Hall–Kier alpha value is -2.53. The molecule has 0 saturated heterocycles. The first-order valence-electron chi connectivity index (χ1n) is 10.3. The first-order valence-corrected chi connectivity index (χ1v) is 10.6. The van der Waals surface area contributed by atoms with E-state index in [0.717, 1.165) is 16.7 Å². The average molecular weight is 431 g/mol. The van der Waals surface area contributed by atoms with Gasteiger partial charge < -0.3 is 15.0 Å². The minimum absolute atomic E-state index is 0.00905. The Morgan fingerprint density at radius 1 is 1.10 bits per heavy atom. The molecule has 1 unspecified atom stereocenters. The second kappa shape index (κ2) is 11.0. The van der Waals surface area contributed by atoms with Crippen LogP contribution in [0.1, 0.15) is 43.9 Å². The molecule has 0 fully saturated rings. The van der Waals surface area contributed by atoms with Gasteiger partial charge in [-0.3, -0.25) is 9.59 Å². The minimum Gasteiger partial charge on any atom is -0.483 e. The van der Waals surface area contributed by atoms with E-state index in [2.05, 4.69) is 5.32 Å². The zero-order valence-electron chi connectivity index (χ0n) is 18.4. The normalized spacial score (nSPS) is 11.8. The highest BCUT2D eigenvalue weighted by molar-refractivity contribution is 6.30. The molecule has 0 aliphatic heterocycles. The van der Waals surface area contributed by atoms with Crippen LogP contribution in [0, 0.1) is 13.8 Å². The SMILES string of the molecule is CCC(C(=O)NC(C)C)N(Cc1ccc(Cl)cc1)C(=O)COc1cc(C)ccc1C. The summed E-state index contributed by atoms with van der Waals surface area (Å²) in [4.78, 5) is 27.5. The molecule has 1 N–H and O–H groups in total. The van der Waals surface area contributed by atoms with Gasteiger partial charge in [-0.1, -0.05) is 42.8 Å². The first-order chi connectivity index (χ1) is 14.2. The molecule has 0 radical (unpaired) electrons. The Morgan fingerprint density at radius 3 is 2.37 bits per heavy atom. The van der Waals surface area contributed by atoms with Crippen molar-refractivity contribution < 1.29 is 14.3 Å². The van der Waals surface area contributed by atoms with Gasteiger partial charge in [0.1, 0.15) is 11.8 Å². The van der Waals surface area contributed by atoms with Crippen molar-refractivity contribution in [1.82, 2.24) is 10.2 Å². The number of halogens is 1. The highest BCUT2D eigenvalue weighted by Crippen LogP contribution is 2.20. The first kappa shape index (κ1) is 23.7. The molecule has 0 saturated carbocycles. The van der Waals surface area contributed by atoms with Crippen LogP contribution in [0.4, 0.5) is 0 Å². The molecular weight excluding hydrogens is 400 g/mol. The van der Waals surface area contributed by atoms with E-state index >= 15 is 0 Å². The summed E-state index contributed by atoms with van der Waals surface area (Å²) in [5.74, 6) is 0.271. The summed E-state index contributed by atoms with van der Waals surface area (Å²) in [7, 11) is 0. The number of carbonyl (C=O) groups is 2. The van der Waals surface area contributed by atoms with Gasteiger partial charge in [-0.05, 0) is 69.0 Å². The minimum atomic E-state index is -0.585. The molecule has 2 rings (SSSR count). The van der Waals surface area contributed by atoms with Crippen LogP contribution < -0.4 is 10.1 Å². The molecule has 0 heterocycles. The monoisotopic (exact) mass is 430 g/mol. The Bertz CT molecular complexity index is 865. The van der Waals surface area contributed by atoms with Gasteiger partial charge in [0.2, 0.25) is 5.91 Å². The smallest absolute Gasteiger partial charge is 0.261 e. The number of carbonyl (C=O) groups excluding carboxylic acids is 2. The lowest BCUT2D eigenvalue weighted by molar-refractivity contribution is -0.143. The van der Waals surface area contributed by atoms with Gasteiger partial charge in [-0.25, -0.2) is 0 Å². The fourth-order valence-electron chi connectivity index (χ4n) is 3.17. The number of hydrogen-bond donors (Lipinski definition) is 1. The molecule has 0 spiro atoms. The maximum Gasteiger partial charge on any atom is 0.261 e. The third-order valence-corrected chi connectivity index (χ3v) is 5.03. The van der Waals surface area contributed by atoms with Gasteiger partial charge in [0.15, 0.2) is 6.61 Å². The van der Waals surface area contributed by atoms with Crippen molar-refractivity contribution in [3.05, 3.63) is 64.2 Å². The molecule has 162 valence electrons. The lowest BCUT2D eigenvalue weighted by Crippen LogP contribution is -2.51. The molecule has 0 aliphatic rings. The van der Waals surface area contributed by atoms with Crippen molar-refractivity contribution in [2.45, 2.75) is 59.7 Å². The van der Waals surface area contributed by atoms with E-state index in [9.17, 15) is 9.59 Å². The molecule has 6 heteroatoms. The van der Waals surface area contributed by atoms with Crippen LogP contribution in [0.3, 0.4) is 0 Å². The predicted molar refractivity (Wildman–Crippen MR) is 121 cm³/mol. The van der Waals surface area contributed by atoms with Crippen molar-refractivity contribution in [2.75, 3.05) is 6.61 Å². The number of rotatable bonds is 9. The summed E-state index contributed by atoms with van der Waals surface area (Å²) in [6.45, 7) is 9.79. The van der Waals surface area contributed by atoms with Gasteiger partial charge in [0, 0.05) is 17.6 Å². The standard InChI is InChI=1S/C24H31ClN2O3/c1-6-21(24(29)26-16(2)3)27(14-19-9-11-20(25)12-10-19)23(28)15-30-22-13-17(4)7-8-18(22)5/h7-13,16,21H,6,14-15H2,1-5H3,(H,26,29).